The average Bonchev–Trinajstić information content (AvgIpc) is 2.74. The number of para-hydroxylation sites is 1. The van der Waals surface area contributed by atoms with Crippen molar-refractivity contribution in [1.82, 2.24) is 10.2 Å². The van der Waals surface area contributed by atoms with E-state index in [1.54, 1.807) is 4.90 Å². The maximum atomic E-state index is 10.3. The predicted molar refractivity (Wildman–Crippen MR) is 63.7 cm³/mol. The number of guanidine groups is 1. The van der Waals surface area contributed by atoms with Crippen molar-refractivity contribution in [2.24, 2.45) is 10.1 Å². The molecule has 7 heteroatoms. The third kappa shape index (κ3) is 3.00. The molecule has 0 spiro atoms. The SMILES string of the molecule is O=[N+]([O-])/N=C1\NCCN1/C=N/c1ccccc1. The second kappa shape index (κ2) is 5.06. The van der Waals surface area contributed by atoms with E-state index in [1.807, 2.05) is 30.3 Å². The zero-order chi connectivity index (χ0) is 12.1. The van der Waals surface area contributed by atoms with Crippen LogP contribution in [0, 0.1) is 10.1 Å². The smallest absolute Gasteiger partial charge is 0.276 e. The Morgan fingerprint density at radius 3 is 2.88 bits per heavy atom. The predicted octanol–water partition coefficient (Wildman–Crippen LogP) is 0.799. The van der Waals surface area contributed by atoms with Crippen LogP contribution in [0.25, 0.3) is 0 Å². The Morgan fingerprint density at radius 2 is 2.18 bits per heavy atom. The largest absolute Gasteiger partial charge is 0.349 e. The van der Waals surface area contributed by atoms with Gasteiger partial charge in [-0.15, -0.1) is 0 Å². The molecule has 1 heterocycles. The van der Waals surface area contributed by atoms with Crippen LogP contribution in [0.5, 0.6) is 0 Å². The van der Waals surface area contributed by atoms with Crippen LogP contribution in [0.15, 0.2) is 40.4 Å². The molecule has 0 unspecified atom stereocenters. The number of rotatable bonds is 3. The minimum Gasteiger partial charge on any atom is -0.349 e. The fourth-order valence-electron chi connectivity index (χ4n) is 1.43. The number of hydrogen-bond acceptors (Lipinski definition) is 3. The van der Waals surface area contributed by atoms with Crippen LogP contribution in [-0.4, -0.2) is 35.3 Å². The number of nitrogens with zero attached hydrogens (tertiary/aromatic N) is 4. The Hall–Kier alpha value is -2.44. The van der Waals surface area contributed by atoms with Gasteiger partial charge in [-0.1, -0.05) is 18.2 Å². The van der Waals surface area contributed by atoms with Gasteiger partial charge < -0.3 is 5.32 Å². The van der Waals surface area contributed by atoms with Crippen molar-refractivity contribution in [2.75, 3.05) is 13.1 Å². The Kier molecular flexibility index (Phi) is 3.29. The van der Waals surface area contributed by atoms with E-state index < -0.39 is 5.03 Å². The first-order valence-corrected chi connectivity index (χ1v) is 5.08. The molecule has 0 aliphatic carbocycles. The van der Waals surface area contributed by atoms with Crippen molar-refractivity contribution < 1.29 is 5.03 Å². The molecule has 7 nitrogen and oxygen atoms in total. The number of nitro groups is 1. The third-order valence-corrected chi connectivity index (χ3v) is 2.19. The summed E-state index contributed by atoms with van der Waals surface area (Å²) in [6.45, 7) is 1.23. The lowest BCUT2D eigenvalue weighted by Gasteiger charge is -2.07. The van der Waals surface area contributed by atoms with Gasteiger partial charge in [-0.05, 0) is 12.1 Å². The standard InChI is InChI=1S/C10H11N5O2/c16-15(17)13-10-11-6-7-14(10)8-12-9-4-2-1-3-5-9/h1-5,8H,6-7H2,(H,11,13)/b12-8+. The number of aliphatic imine (C=N–C) groups is 1. The van der Waals surface area contributed by atoms with Gasteiger partial charge in [0.05, 0.1) is 12.0 Å². The van der Waals surface area contributed by atoms with E-state index in [0.717, 1.165) is 5.69 Å². The Morgan fingerprint density at radius 1 is 1.41 bits per heavy atom. The molecule has 88 valence electrons. The average molecular weight is 233 g/mol. The van der Waals surface area contributed by atoms with Gasteiger partial charge in [-0.3, -0.25) is 4.90 Å². The highest BCUT2D eigenvalue weighted by Gasteiger charge is 2.19. The van der Waals surface area contributed by atoms with Gasteiger partial charge in [0.2, 0.25) is 0 Å². The van der Waals surface area contributed by atoms with Gasteiger partial charge in [0.1, 0.15) is 5.10 Å². The fourth-order valence-corrected chi connectivity index (χ4v) is 1.43. The maximum absolute atomic E-state index is 10.3. The second-order valence-electron chi connectivity index (χ2n) is 3.36. The van der Waals surface area contributed by atoms with Gasteiger partial charge in [-0.2, -0.15) is 0 Å². The summed E-state index contributed by atoms with van der Waals surface area (Å²) in [5.41, 5.74) is 0.792. The highest BCUT2D eigenvalue weighted by atomic mass is 16.7. The quantitative estimate of drug-likeness (QED) is 0.362. The summed E-state index contributed by atoms with van der Waals surface area (Å²) in [5.74, 6) is 0.217. The molecule has 0 amide bonds. The molecule has 0 radical (unpaired) electrons. The van der Waals surface area contributed by atoms with Gasteiger partial charge >= 0.3 is 0 Å². The number of hydrazone groups is 1. The monoisotopic (exact) mass is 233 g/mol. The number of nitrogens with one attached hydrogen (secondary N) is 1. The molecule has 1 aliphatic heterocycles. The van der Waals surface area contributed by atoms with E-state index in [2.05, 4.69) is 15.4 Å². The number of hydrogen-bond donors (Lipinski definition) is 1. The van der Waals surface area contributed by atoms with E-state index in [4.69, 9.17) is 0 Å². The van der Waals surface area contributed by atoms with Crippen LogP contribution in [0.4, 0.5) is 5.69 Å². The summed E-state index contributed by atoms with van der Waals surface area (Å²) in [4.78, 5) is 16.1. The van der Waals surface area contributed by atoms with Gasteiger partial charge in [-0.25, -0.2) is 15.1 Å². The molecule has 1 aromatic carbocycles. The van der Waals surface area contributed by atoms with Crippen molar-refractivity contribution in [1.29, 1.82) is 0 Å². The summed E-state index contributed by atoms with van der Waals surface area (Å²) < 4.78 is 0. The highest BCUT2D eigenvalue weighted by molar-refractivity contribution is 5.92. The lowest BCUT2D eigenvalue weighted by molar-refractivity contribution is -0.485. The van der Waals surface area contributed by atoms with Gasteiger partial charge in [0.25, 0.3) is 5.96 Å². The number of benzene rings is 1. The molecular weight excluding hydrogens is 222 g/mol. The Balaban J connectivity index is 2.08. The maximum Gasteiger partial charge on any atom is 0.276 e. The minimum absolute atomic E-state index is 0.217. The molecule has 1 fully saturated rings. The summed E-state index contributed by atoms with van der Waals surface area (Å²) in [6, 6.07) is 9.35. The molecule has 1 N–H and O–H groups in total. The van der Waals surface area contributed by atoms with Crippen molar-refractivity contribution in [3.8, 4) is 0 Å². The summed E-state index contributed by atoms with van der Waals surface area (Å²) >= 11 is 0. The van der Waals surface area contributed by atoms with Crippen molar-refractivity contribution >= 4 is 18.0 Å². The van der Waals surface area contributed by atoms with Crippen LogP contribution >= 0.6 is 0 Å². The van der Waals surface area contributed by atoms with Crippen molar-refractivity contribution in [3.63, 3.8) is 0 Å². The normalized spacial score (nSPS) is 17.6. The van der Waals surface area contributed by atoms with Crippen LogP contribution < -0.4 is 5.32 Å². The lowest BCUT2D eigenvalue weighted by atomic mass is 10.3. The van der Waals surface area contributed by atoms with Crippen molar-refractivity contribution in [2.45, 2.75) is 0 Å². The molecule has 0 bridgehead atoms. The van der Waals surface area contributed by atoms with Crippen LogP contribution in [-0.2, 0) is 0 Å². The van der Waals surface area contributed by atoms with E-state index in [0.29, 0.717) is 13.1 Å². The van der Waals surface area contributed by atoms with Gasteiger partial charge in [0, 0.05) is 13.1 Å². The minimum atomic E-state index is -0.725. The fraction of sp³-hybridized carbons (Fsp3) is 0.200. The first-order valence-electron chi connectivity index (χ1n) is 5.08. The zero-order valence-electron chi connectivity index (χ0n) is 8.98. The van der Waals surface area contributed by atoms with Crippen LogP contribution in [0.2, 0.25) is 0 Å². The van der Waals surface area contributed by atoms with E-state index in [9.17, 15) is 10.1 Å². The highest BCUT2D eigenvalue weighted by Crippen LogP contribution is 2.09. The van der Waals surface area contributed by atoms with E-state index in [-0.39, 0.29) is 5.96 Å². The summed E-state index contributed by atoms with van der Waals surface area (Å²) in [7, 11) is 0. The first kappa shape index (κ1) is 11.1. The molecule has 17 heavy (non-hydrogen) atoms. The van der Waals surface area contributed by atoms with Gasteiger partial charge in [0.15, 0.2) is 5.03 Å². The summed E-state index contributed by atoms with van der Waals surface area (Å²) in [6.07, 6.45) is 1.54. The lowest BCUT2D eigenvalue weighted by Crippen LogP contribution is -2.29. The molecule has 0 aromatic heterocycles. The summed E-state index contributed by atoms with van der Waals surface area (Å²) in [5, 5.41) is 15.6. The molecular formula is C10H11N5O2. The first-order chi connectivity index (χ1) is 8.25. The third-order valence-electron chi connectivity index (χ3n) is 2.19. The second-order valence-corrected chi connectivity index (χ2v) is 3.36. The molecule has 1 saturated heterocycles. The molecule has 2 rings (SSSR count). The van der Waals surface area contributed by atoms with E-state index >= 15 is 0 Å². The zero-order valence-corrected chi connectivity index (χ0v) is 8.98. The van der Waals surface area contributed by atoms with E-state index in [1.165, 1.54) is 6.34 Å². The Labute approximate surface area is 97.6 Å². The van der Waals surface area contributed by atoms with Crippen LogP contribution in [0.1, 0.15) is 0 Å². The molecule has 1 aliphatic rings. The molecule has 0 saturated carbocycles. The van der Waals surface area contributed by atoms with Crippen LogP contribution in [0.3, 0.4) is 0 Å². The Bertz CT molecular complexity index is 457. The van der Waals surface area contributed by atoms with Crippen molar-refractivity contribution in [3.05, 3.63) is 40.4 Å². The molecule has 0 atom stereocenters. The topological polar surface area (TPSA) is 83.1 Å². The molecule has 1 aromatic rings.